The molecular formula is C24H28N6O5. The van der Waals surface area contributed by atoms with Gasteiger partial charge in [-0.25, -0.2) is 0 Å². The van der Waals surface area contributed by atoms with Crippen LogP contribution < -0.4 is 15.4 Å². The number of piperidine rings is 1. The van der Waals surface area contributed by atoms with Gasteiger partial charge in [0.25, 0.3) is 5.91 Å². The number of hydrogen-bond donors (Lipinski definition) is 2. The highest BCUT2D eigenvalue weighted by molar-refractivity contribution is 6.03. The Morgan fingerprint density at radius 1 is 1.23 bits per heavy atom. The van der Waals surface area contributed by atoms with Crippen molar-refractivity contribution < 1.29 is 23.6 Å². The molecule has 1 aliphatic carbocycles. The fraction of sp³-hybridized carbons (Fsp3) is 0.500. The Balaban J connectivity index is 1.21. The van der Waals surface area contributed by atoms with E-state index in [4.69, 9.17) is 9.26 Å². The van der Waals surface area contributed by atoms with Crippen molar-refractivity contribution in [2.24, 2.45) is 7.05 Å². The van der Waals surface area contributed by atoms with E-state index in [0.29, 0.717) is 35.2 Å². The van der Waals surface area contributed by atoms with Gasteiger partial charge in [-0.2, -0.15) is 10.1 Å². The van der Waals surface area contributed by atoms with Crippen LogP contribution in [0.4, 0.5) is 0 Å². The summed E-state index contributed by atoms with van der Waals surface area (Å²) in [5.74, 6) is 0.455. The van der Waals surface area contributed by atoms with Gasteiger partial charge < -0.3 is 14.6 Å². The lowest BCUT2D eigenvalue weighted by atomic mass is 9.89. The van der Waals surface area contributed by atoms with Gasteiger partial charge in [-0.15, -0.1) is 0 Å². The minimum Gasteiger partial charge on any atom is -0.482 e. The maximum absolute atomic E-state index is 12.4. The fourth-order valence-electron chi connectivity index (χ4n) is 4.89. The molecule has 1 aliphatic heterocycles. The summed E-state index contributed by atoms with van der Waals surface area (Å²) in [4.78, 5) is 40.7. The number of carbonyl (C=O) groups is 3. The summed E-state index contributed by atoms with van der Waals surface area (Å²) in [5.41, 5.74) is 1.27. The number of aromatic nitrogens is 4. The van der Waals surface area contributed by atoms with Gasteiger partial charge in [0.05, 0.1) is 18.2 Å². The normalized spacial score (nSPS) is 19.1. The minimum atomic E-state index is -0.511. The van der Waals surface area contributed by atoms with Crippen molar-refractivity contribution in [1.29, 1.82) is 0 Å². The van der Waals surface area contributed by atoms with E-state index >= 15 is 0 Å². The van der Waals surface area contributed by atoms with Crippen LogP contribution >= 0.6 is 0 Å². The minimum absolute atomic E-state index is 0.136. The number of imide groups is 1. The second-order valence-corrected chi connectivity index (χ2v) is 9.11. The molecule has 2 aromatic heterocycles. The molecule has 1 saturated heterocycles. The van der Waals surface area contributed by atoms with Crippen LogP contribution in [-0.2, 0) is 28.0 Å². The first-order valence-electron chi connectivity index (χ1n) is 12.0. The highest BCUT2D eigenvalue weighted by atomic mass is 16.5. The molecule has 3 amide bonds. The second kappa shape index (κ2) is 9.85. The van der Waals surface area contributed by atoms with Gasteiger partial charge >= 0.3 is 0 Å². The van der Waals surface area contributed by atoms with Crippen molar-refractivity contribution in [3.63, 3.8) is 0 Å². The van der Waals surface area contributed by atoms with Crippen LogP contribution in [0.2, 0.25) is 0 Å². The Labute approximate surface area is 201 Å². The highest BCUT2D eigenvalue weighted by Gasteiger charge is 2.32. The van der Waals surface area contributed by atoms with Crippen molar-refractivity contribution in [1.82, 2.24) is 30.6 Å². The lowest BCUT2D eigenvalue weighted by molar-refractivity contribution is -0.134. The van der Waals surface area contributed by atoms with Gasteiger partial charge in [-0.3, -0.25) is 24.4 Å². The average molecular weight is 481 g/mol. The molecule has 2 N–H and O–H groups in total. The lowest BCUT2D eigenvalue weighted by Crippen LogP contribution is -2.39. The molecule has 1 unspecified atom stereocenters. The molecule has 11 heteroatoms. The van der Waals surface area contributed by atoms with Crippen LogP contribution in [0, 0.1) is 0 Å². The molecule has 1 saturated carbocycles. The van der Waals surface area contributed by atoms with Crippen molar-refractivity contribution in [3.05, 3.63) is 35.6 Å². The molecule has 0 bridgehead atoms. The number of carbonyl (C=O) groups excluding carboxylic acids is 3. The van der Waals surface area contributed by atoms with E-state index in [1.807, 2.05) is 6.07 Å². The van der Waals surface area contributed by atoms with Gasteiger partial charge in [-0.05, 0) is 25.3 Å². The molecule has 1 atom stereocenters. The molecular weight excluding hydrogens is 452 g/mol. The third-order valence-corrected chi connectivity index (χ3v) is 6.68. The molecule has 184 valence electrons. The molecule has 2 aliphatic rings. The maximum atomic E-state index is 12.4. The molecule has 1 aromatic carbocycles. The van der Waals surface area contributed by atoms with Crippen LogP contribution in [0.3, 0.4) is 0 Å². The summed E-state index contributed by atoms with van der Waals surface area (Å²) in [5, 5.41) is 14.5. The van der Waals surface area contributed by atoms with E-state index in [-0.39, 0.29) is 37.3 Å². The number of nitrogens with one attached hydrogen (secondary N) is 2. The van der Waals surface area contributed by atoms with Crippen molar-refractivity contribution >= 4 is 28.6 Å². The molecule has 3 aromatic rings. The Morgan fingerprint density at radius 2 is 2.06 bits per heavy atom. The molecule has 3 heterocycles. The number of benzene rings is 1. The predicted octanol–water partition coefficient (Wildman–Crippen LogP) is 2.22. The van der Waals surface area contributed by atoms with E-state index in [9.17, 15) is 14.4 Å². The van der Waals surface area contributed by atoms with Gasteiger partial charge in [0.1, 0.15) is 11.3 Å². The summed E-state index contributed by atoms with van der Waals surface area (Å²) in [6.07, 6.45) is 6.44. The molecule has 5 rings (SSSR count). The Morgan fingerprint density at radius 3 is 2.86 bits per heavy atom. The predicted molar refractivity (Wildman–Crippen MR) is 123 cm³/mol. The van der Waals surface area contributed by atoms with Gasteiger partial charge in [0.15, 0.2) is 12.4 Å². The third kappa shape index (κ3) is 4.89. The number of hydrogen-bond acceptors (Lipinski definition) is 8. The smallest absolute Gasteiger partial charge is 0.258 e. The number of ether oxygens (including phenoxy) is 1. The van der Waals surface area contributed by atoms with E-state index in [0.717, 1.165) is 24.1 Å². The molecule has 0 spiro atoms. The number of nitrogens with zero attached hydrogens (tertiary/aromatic N) is 4. The van der Waals surface area contributed by atoms with Crippen molar-refractivity contribution in [3.8, 4) is 5.75 Å². The standard InChI is InChI=1S/C24H28N6O5/c1-30-22-15(21(28-30)16-10-11-18(31)26-24(16)33)8-5-9-17(22)34-13-19(32)25-12-20-27-23(29-35-20)14-6-3-2-4-7-14/h5,8-9,14,16H,2-4,6-7,10-13H2,1H3,(H,25,32)(H,26,31,33). The zero-order chi connectivity index (χ0) is 24.4. The largest absolute Gasteiger partial charge is 0.482 e. The monoisotopic (exact) mass is 480 g/mol. The summed E-state index contributed by atoms with van der Waals surface area (Å²) in [7, 11) is 1.75. The second-order valence-electron chi connectivity index (χ2n) is 9.11. The number of rotatable bonds is 7. The lowest BCUT2D eigenvalue weighted by Gasteiger charge is -2.19. The summed E-state index contributed by atoms with van der Waals surface area (Å²) < 4.78 is 12.7. The van der Waals surface area contributed by atoms with Crippen LogP contribution in [0.15, 0.2) is 22.7 Å². The third-order valence-electron chi connectivity index (χ3n) is 6.68. The zero-order valence-corrected chi connectivity index (χ0v) is 19.6. The van der Waals surface area contributed by atoms with Crippen LogP contribution in [0.5, 0.6) is 5.75 Å². The first-order chi connectivity index (χ1) is 17.0. The first kappa shape index (κ1) is 23.0. The Hall–Kier alpha value is -3.76. The van der Waals surface area contributed by atoms with Gasteiger partial charge in [0, 0.05) is 24.8 Å². The van der Waals surface area contributed by atoms with Crippen molar-refractivity contribution in [2.45, 2.75) is 63.3 Å². The first-order valence-corrected chi connectivity index (χ1v) is 12.0. The Kier molecular flexibility index (Phi) is 6.47. The zero-order valence-electron chi connectivity index (χ0n) is 19.6. The number of aryl methyl sites for hydroxylation is 1. The fourth-order valence-corrected chi connectivity index (χ4v) is 4.89. The SMILES string of the molecule is Cn1nc(C2CCC(=O)NC2=O)c2cccc(OCC(=O)NCc3nc(C4CCCCC4)no3)c21. The van der Waals surface area contributed by atoms with Crippen molar-refractivity contribution in [2.75, 3.05) is 6.61 Å². The highest BCUT2D eigenvalue weighted by Crippen LogP contribution is 2.34. The summed E-state index contributed by atoms with van der Waals surface area (Å²) in [6, 6.07) is 5.39. The van der Waals surface area contributed by atoms with Crippen LogP contribution in [-0.4, -0.2) is 44.2 Å². The summed E-state index contributed by atoms with van der Waals surface area (Å²) in [6.45, 7) is -0.0703. The molecule has 2 fully saturated rings. The average Bonchev–Trinajstić information content (AvgIpc) is 3.47. The summed E-state index contributed by atoms with van der Waals surface area (Å²) >= 11 is 0. The van der Waals surface area contributed by atoms with E-state index < -0.39 is 5.92 Å². The van der Waals surface area contributed by atoms with Gasteiger partial charge in [-0.1, -0.05) is 36.6 Å². The molecule has 35 heavy (non-hydrogen) atoms. The molecule has 0 radical (unpaired) electrons. The number of fused-ring (bicyclic) bond motifs is 1. The van der Waals surface area contributed by atoms with E-state index in [2.05, 4.69) is 25.9 Å². The molecule has 11 nitrogen and oxygen atoms in total. The van der Waals surface area contributed by atoms with Crippen LogP contribution in [0.1, 0.15) is 74.2 Å². The quantitative estimate of drug-likeness (QED) is 0.491. The van der Waals surface area contributed by atoms with E-state index in [1.54, 1.807) is 23.9 Å². The number of amides is 3. The maximum Gasteiger partial charge on any atom is 0.258 e. The topological polar surface area (TPSA) is 141 Å². The Bertz CT molecular complexity index is 1260. The van der Waals surface area contributed by atoms with Gasteiger partial charge in [0.2, 0.25) is 17.7 Å². The van der Waals surface area contributed by atoms with E-state index in [1.165, 1.54) is 19.3 Å². The van der Waals surface area contributed by atoms with Crippen LogP contribution in [0.25, 0.3) is 10.9 Å². The number of para-hydroxylation sites is 1.